The van der Waals surface area contributed by atoms with Crippen LogP contribution >= 0.6 is 11.6 Å². The molecule has 0 amide bonds. The molecule has 2 aromatic rings. The Labute approximate surface area is 109 Å². The Morgan fingerprint density at radius 3 is 2.89 bits per heavy atom. The highest BCUT2D eigenvalue weighted by molar-refractivity contribution is 6.33. The number of fused-ring (bicyclic) bond motifs is 1. The van der Waals surface area contributed by atoms with E-state index in [-0.39, 0.29) is 17.7 Å². The maximum absolute atomic E-state index is 9.00. The second-order valence-electron chi connectivity index (χ2n) is 4.83. The van der Waals surface area contributed by atoms with Crippen molar-refractivity contribution >= 4 is 28.7 Å². The summed E-state index contributed by atoms with van der Waals surface area (Å²) in [4.78, 5) is 12.3. The van der Waals surface area contributed by atoms with Gasteiger partial charge in [0.1, 0.15) is 5.52 Å². The quantitative estimate of drug-likeness (QED) is 0.812. The van der Waals surface area contributed by atoms with Gasteiger partial charge in [-0.05, 0) is 24.7 Å². The van der Waals surface area contributed by atoms with Crippen molar-refractivity contribution < 1.29 is 5.11 Å². The number of aliphatic hydroxyl groups is 1. The molecule has 7 heteroatoms. The van der Waals surface area contributed by atoms with Crippen LogP contribution in [0.25, 0.3) is 11.2 Å². The van der Waals surface area contributed by atoms with E-state index in [1.807, 2.05) is 4.57 Å². The number of anilines is 1. The number of hydrogen-bond acceptors (Lipinski definition) is 5. The van der Waals surface area contributed by atoms with Crippen molar-refractivity contribution in [2.75, 3.05) is 12.3 Å². The van der Waals surface area contributed by atoms with Crippen LogP contribution in [0.2, 0.25) is 5.15 Å². The summed E-state index contributed by atoms with van der Waals surface area (Å²) in [6, 6.07) is 0. The number of aromatic nitrogens is 4. The molecule has 0 aromatic carbocycles. The Hall–Kier alpha value is -1.40. The lowest BCUT2D eigenvalue weighted by atomic mass is 9.75. The standard InChI is InChI=1S/C11H14ClN5O/c12-9-8-10(16-11(13)15-9)17(5-14-8)3-6-1-7(2-6)4-18/h5-7,18H,1-4H2,(H2,13,15,16). The first-order valence-corrected chi connectivity index (χ1v) is 6.30. The van der Waals surface area contributed by atoms with Crippen LogP contribution < -0.4 is 5.73 Å². The van der Waals surface area contributed by atoms with E-state index in [1.165, 1.54) is 0 Å². The van der Waals surface area contributed by atoms with E-state index < -0.39 is 0 Å². The molecular formula is C11H14ClN5O. The average Bonchev–Trinajstić information content (AvgIpc) is 2.66. The number of hydrogen-bond donors (Lipinski definition) is 2. The van der Waals surface area contributed by atoms with E-state index in [2.05, 4.69) is 15.0 Å². The van der Waals surface area contributed by atoms with Gasteiger partial charge in [-0.2, -0.15) is 9.97 Å². The zero-order valence-electron chi connectivity index (χ0n) is 9.75. The van der Waals surface area contributed by atoms with Crippen molar-refractivity contribution in [3.8, 4) is 0 Å². The number of imidazole rings is 1. The van der Waals surface area contributed by atoms with Gasteiger partial charge in [-0.15, -0.1) is 0 Å². The summed E-state index contributed by atoms with van der Waals surface area (Å²) in [5, 5.41) is 9.29. The molecule has 1 aliphatic carbocycles. The molecule has 3 rings (SSSR count). The summed E-state index contributed by atoms with van der Waals surface area (Å²) in [6.45, 7) is 1.11. The van der Waals surface area contributed by atoms with Crippen molar-refractivity contribution in [1.29, 1.82) is 0 Å². The second-order valence-corrected chi connectivity index (χ2v) is 5.19. The first kappa shape index (κ1) is 11.7. The molecule has 1 saturated carbocycles. The Bertz CT molecular complexity index is 578. The molecule has 1 aliphatic rings. The largest absolute Gasteiger partial charge is 0.396 e. The van der Waals surface area contributed by atoms with Crippen LogP contribution in [0, 0.1) is 11.8 Å². The Morgan fingerprint density at radius 2 is 2.17 bits per heavy atom. The summed E-state index contributed by atoms with van der Waals surface area (Å²) in [5.41, 5.74) is 6.86. The van der Waals surface area contributed by atoms with Crippen LogP contribution in [0.4, 0.5) is 5.95 Å². The number of aliphatic hydroxyl groups excluding tert-OH is 1. The molecule has 0 radical (unpaired) electrons. The SMILES string of the molecule is Nc1nc(Cl)c2ncn(CC3CC(CO)C3)c2n1. The van der Waals surface area contributed by atoms with E-state index in [4.69, 9.17) is 22.4 Å². The number of nitrogens with two attached hydrogens (primary N) is 1. The molecule has 2 heterocycles. The highest BCUT2D eigenvalue weighted by Gasteiger charge is 2.29. The molecular weight excluding hydrogens is 254 g/mol. The summed E-state index contributed by atoms with van der Waals surface area (Å²) in [7, 11) is 0. The smallest absolute Gasteiger partial charge is 0.223 e. The summed E-state index contributed by atoms with van der Waals surface area (Å²) < 4.78 is 1.96. The summed E-state index contributed by atoms with van der Waals surface area (Å²) >= 11 is 5.97. The topological polar surface area (TPSA) is 89.8 Å². The van der Waals surface area contributed by atoms with Crippen molar-refractivity contribution in [3.05, 3.63) is 11.5 Å². The number of nitrogens with zero attached hydrogens (tertiary/aromatic N) is 4. The molecule has 6 nitrogen and oxygen atoms in total. The van der Waals surface area contributed by atoms with E-state index in [0.29, 0.717) is 23.0 Å². The predicted octanol–water partition coefficient (Wildman–Crippen LogP) is 1.08. The van der Waals surface area contributed by atoms with Gasteiger partial charge in [0.15, 0.2) is 10.8 Å². The van der Waals surface area contributed by atoms with Gasteiger partial charge in [0.2, 0.25) is 5.95 Å². The fourth-order valence-electron chi connectivity index (χ4n) is 2.51. The fraction of sp³-hybridized carbons (Fsp3) is 0.545. The summed E-state index contributed by atoms with van der Waals surface area (Å²) in [6.07, 6.45) is 3.81. The number of halogens is 1. The van der Waals surface area contributed by atoms with Gasteiger partial charge in [-0.1, -0.05) is 11.6 Å². The van der Waals surface area contributed by atoms with Gasteiger partial charge in [-0.3, -0.25) is 0 Å². The Balaban J connectivity index is 1.85. The molecule has 0 unspecified atom stereocenters. The van der Waals surface area contributed by atoms with Gasteiger partial charge in [-0.25, -0.2) is 4.98 Å². The van der Waals surface area contributed by atoms with Crippen molar-refractivity contribution in [2.24, 2.45) is 11.8 Å². The molecule has 0 saturated heterocycles. The molecule has 0 bridgehead atoms. The molecule has 96 valence electrons. The fourth-order valence-corrected chi connectivity index (χ4v) is 2.73. The minimum absolute atomic E-state index is 0.163. The minimum Gasteiger partial charge on any atom is -0.396 e. The average molecular weight is 268 g/mol. The van der Waals surface area contributed by atoms with E-state index in [1.54, 1.807) is 6.33 Å². The van der Waals surface area contributed by atoms with E-state index in [9.17, 15) is 0 Å². The third-order valence-electron chi connectivity index (χ3n) is 3.49. The zero-order chi connectivity index (χ0) is 12.7. The summed E-state index contributed by atoms with van der Waals surface area (Å²) in [5.74, 6) is 1.18. The van der Waals surface area contributed by atoms with Crippen LogP contribution in [0.5, 0.6) is 0 Å². The molecule has 18 heavy (non-hydrogen) atoms. The predicted molar refractivity (Wildman–Crippen MR) is 68.0 cm³/mol. The Kier molecular flexibility index (Phi) is 2.83. The molecule has 3 N–H and O–H groups in total. The first-order valence-electron chi connectivity index (χ1n) is 5.92. The lowest BCUT2D eigenvalue weighted by Gasteiger charge is -2.34. The minimum atomic E-state index is 0.163. The van der Waals surface area contributed by atoms with Gasteiger partial charge in [0, 0.05) is 13.2 Å². The molecule has 0 atom stereocenters. The molecule has 1 fully saturated rings. The highest BCUT2D eigenvalue weighted by Crippen LogP contribution is 2.35. The third kappa shape index (κ3) is 1.91. The highest BCUT2D eigenvalue weighted by atomic mass is 35.5. The second kappa shape index (κ2) is 4.37. The first-order chi connectivity index (χ1) is 8.67. The number of nitrogen functional groups attached to an aromatic ring is 1. The zero-order valence-corrected chi connectivity index (χ0v) is 10.5. The van der Waals surface area contributed by atoms with Crippen molar-refractivity contribution in [2.45, 2.75) is 19.4 Å². The maximum atomic E-state index is 9.00. The van der Waals surface area contributed by atoms with Crippen molar-refractivity contribution in [1.82, 2.24) is 19.5 Å². The molecule has 0 spiro atoms. The van der Waals surface area contributed by atoms with Gasteiger partial charge in [0.05, 0.1) is 6.33 Å². The lowest BCUT2D eigenvalue weighted by Crippen LogP contribution is -2.29. The Morgan fingerprint density at radius 1 is 1.39 bits per heavy atom. The van der Waals surface area contributed by atoms with Crippen LogP contribution in [-0.2, 0) is 6.54 Å². The van der Waals surface area contributed by atoms with E-state index >= 15 is 0 Å². The molecule has 0 aliphatic heterocycles. The van der Waals surface area contributed by atoms with Crippen LogP contribution in [0.1, 0.15) is 12.8 Å². The monoisotopic (exact) mass is 267 g/mol. The molecule has 2 aromatic heterocycles. The van der Waals surface area contributed by atoms with Gasteiger partial charge >= 0.3 is 0 Å². The van der Waals surface area contributed by atoms with Gasteiger partial charge < -0.3 is 15.4 Å². The maximum Gasteiger partial charge on any atom is 0.223 e. The van der Waals surface area contributed by atoms with Gasteiger partial charge in [0.25, 0.3) is 0 Å². The lowest BCUT2D eigenvalue weighted by molar-refractivity contribution is 0.0974. The van der Waals surface area contributed by atoms with E-state index in [0.717, 1.165) is 19.4 Å². The third-order valence-corrected chi connectivity index (χ3v) is 3.75. The van der Waals surface area contributed by atoms with Crippen LogP contribution in [0.3, 0.4) is 0 Å². The van der Waals surface area contributed by atoms with Crippen LogP contribution in [-0.4, -0.2) is 31.2 Å². The van der Waals surface area contributed by atoms with Crippen molar-refractivity contribution in [3.63, 3.8) is 0 Å². The normalized spacial score (nSPS) is 23.2. The van der Waals surface area contributed by atoms with Crippen LogP contribution in [0.15, 0.2) is 6.33 Å². The number of rotatable bonds is 3.